The second-order valence-electron chi connectivity index (χ2n) is 13.0. The Morgan fingerprint density at radius 3 is 2.63 bits per heavy atom. The zero-order chi connectivity index (χ0) is 29.5. The van der Waals surface area contributed by atoms with Gasteiger partial charge in [0, 0.05) is 30.6 Å². The number of Topliss-reactive ketones (excluding diaryl/α,β-unsaturated/α-hetero) is 1. The molecule has 4 atom stereocenters. The second kappa shape index (κ2) is 10.8. The lowest BCUT2D eigenvalue weighted by Gasteiger charge is -2.30. The Kier molecular flexibility index (Phi) is 7.49. The highest BCUT2D eigenvalue weighted by Gasteiger charge is 2.59. The highest BCUT2D eigenvalue weighted by molar-refractivity contribution is 6.07. The average Bonchev–Trinajstić information content (AvgIpc) is 3.37. The predicted molar refractivity (Wildman–Crippen MR) is 150 cm³/mol. The third kappa shape index (κ3) is 5.90. The van der Waals surface area contributed by atoms with Crippen LogP contribution < -0.4 is 10.6 Å². The maximum absolute atomic E-state index is 14.2. The normalized spacial score (nSPS) is 23.0. The van der Waals surface area contributed by atoms with Crippen LogP contribution in [0.25, 0.3) is 4.85 Å². The number of benzene rings is 1. The van der Waals surface area contributed by atoms with Gasteiger partial charge in [0.15, 0.2) is 11.5 Å². The van der Waals surface area contributed by atoms with Crippen molar-refractivity contribution in [2.24, 2.45) is 17.3 Å². The fourth-order valence-corrected chi connectivity index (χ4v) is 6.22. The Balaban J connectivity index is 1.38. The average molecular weight is 560 g/mol. The van der Waals surface area contributed by atoms with Crippen LogP contribution in [0, 0.1) is 30.7 Å². The molecule has 2 aliphatic heterocycles. The molecule has 216 valence electrons. The highest BCUT2D eigenvalue weighted by Crippen LogP contribution is 2.47. The Morgan fingerprint density at radius 2 is 2.00 bits per heavy atom. The number of amides is 3. The van der Waals surface area contributed by atoms with Gasteiger partial charge in [-0.2, -0.15) is 0 Å². The third-order valence-electron chi connectivity index (χ3n) is 8.36. The van der Waals surface area contributed by atoms with Gasteiger partial charge < -0.3 is 15.2 Å². The Labute approximate surface area is 240 Å². The van der Waals surface area contributed by atoms with Crippen LogP contribution in [0.2, 0.25) is 0 Å². The number of anilines is 1. The standard InChI is InChI=1S/C31H37N5O5/c1-18-12-24(35-41-18)27(38)33-23(13-19-10-11-19)25(37)14-20(15-30(2,3)4)28(39)36-17-31(16-26(36)32-5)21-8-6-7-9-22(21)34-29(31)40/h6-9,12,19-20,23,26H,10-11,13-17H2,1-4H3,(H,33,38)(H,34,40)/t20-,23-,26-,31-/m0/s1. The van der Waals surface area contributed by atoms with Gasteiger partial charge in [-0.05, 0) is 42.7 Å². The number of para-hydroxylation sites is 1. The summed E-state index contributed by atoms with van der Waals surface area (Å²) in [6.45, 7) is 15.7. The molecule has 3 amide bonds. The van der Waals surface area contributed by atoms with E-state index in [1.54, 1.807) is 6.92 Å². The van der Waals surface area contributed by atoms with Gasteiger partial charge >= 0.3 is 6.17 Å². The molecule has 0 radical (unpaired) electrons. The first-order chi connectivity index (χ1) is 19.4. The maximum Gasteiger partial charge on any atom is 0.302 e. The van der Waals surface area contributed by atoms with Crippen LogP contribution in [0.4, 0.5) is 5.69 Å². The number of carbonyl (C=O) groups is 4. The van der Waals surface area contributed by atoms with Gasteiger partial charge in [-0.15, -0.1) is 0 Å². The minimum absolute atomic E-state index is 0.0668. The maximum atomic E-state index is 14.2. The molecule has 3 aliphatic rings. The van der Waals surface area contributed by atoms with Crippen molar-refractivity contribution in [3.63, 3.8) is 0 Å². The van der Waals surface area contributed by atoms with Crippen molar-refractivity contribution in [2.75, 3.05) is 11.9 Å². The van der Waals surface area contributed by atoms with Crippen LogP contribution in [0.3, 0.4) is 0 Å². The summed E-state index contributed by atoms with van der Waals surface area (Å²) in [5.74, 6) is -1.06. The number of nitrogens with one attached hydrogen (secondary N) is 2. The lowest BCUT2D eigenvalue weighted by atomic mass is 9.80. The topological polar surface area (TPSA) is 126 Å². The van der Waals surface area contributed by atoms with Gasteiger partial charge in [0.25, 0.3) is 5.91 Å². The van der Waals surface area contributed by atoms with Crippen molar-refractivity contribution in [1.29, 1.82) is 0 Å². The van der Waals surface area contributed by atoms with Crippen LogP contribution in [-0.4, -0.2) is 52.3 Å². The van der Waals surface area contributed by atoms with E-state index in [0.717, 1.165) is 18.4 Å². The van der Waals surface area contributed by atoms with Gasteiger partial charge in [0.1, 0.15) is 11.2 Å². The number of hydrogen-bond donors (Lipinski definition) is 2. The minimum Gasteiger partial charge on any atom is -0.361 e. The molecule has 41 heavy (non-hydrogen) atoms. The lowest BCUT2D eigenvalue weighted by Crippen LogP contribution is -2.46. The summed E-state index contributed by atoms with van der Waals surface area (Å²) in [4.78, 5) is 59.3. The smallest absolute Gasteiger partial charge is 0.302 e. The first-order valence-electron chi connectivity index (χ1n) is 14.2. The van der Waals surface area contributed by atoms with Crippen molar-refractivity contribution in [1.82, 2.24) is 15.4 Å². The molecule has 0 bridgehead atoms. The third-order valence-corrected chi connectivity index (χ3v) is 8.36. The summed E-state index contributed by atoms with van der Waals surface area (Å²) in [5.41, 5.74) is 0.341. The molecule has 1 saturated carbocycles. The number of carbonyl (C=O) groups excluding carboxylic acids is 4. The predicted octanol–water partition coefficient (Wildman–Crippen LogP) is 4.26. The van der Waals surface area contributed by atoms with E-state index >= 15 is 0 Å². The second-order valence-corrected chi connectivity index (χ2v) is 13.0. The van der Waals surface area contributed by atoms with Crippen molar-refractivity contribution in [2.45, 2.75) is 83.8 Å². The van der Waals surface area contributed by atoms with Gasteiger partial charge in [0.05, 0.1) is 12.5 Å². The number of aromatic nitrogens is 1. The fraction of sp³-hybridized carbons (Fsp3) is 0.548. The number of hydrogen-bond acceptors (Lipinski definition) is 6. The van der Waals surface area contributed by atoms with E-state index in [1.807, 2.05) is 45.0 Å². The molecule has 10 nitrogen and oxygen atoms in total. The first-order valence-corrected chi connectivity index (χ1v) is 14.2. The van der Waals surface area contributed by atoms with Gasteiger partial charge in [-0.3, -0.25) is 28.9 Å². The van der Waals surface area contributed by atoms with Crippen molar-refractivity contribution >= 4 is 29.2 Å². The van der Waals surface area contributed by atoms with E-state index in [0.29, 0.717) is 30.2 Å². The van der Waals surface area contributed by atoms with E-state index in [4.69, 9.17) is 11.1 Å². The first kappa shape index (κ1) is 28.5. The van der Waals surface area contributed by atoms with E-state index in [2.05, 4.69) is 20.6 Å². The summed E-state index contributed by atoms with van der Waals surface area (Å²) in [6, 6.07) is 8.17. The molecule has 2 fully saturated rings. The van der Waals surface area contributed by atoms with Crippen molar-refractivity contribution < 1.29 is 23.7 Å². The number of fused-ring (bicyclic) bond motifs is 2. The molecule has 3 heterocycles. The summed E-state index contributed by atoms with van der Waals surface area (Å²) >= 11 is 0. The van der Waals surface area contributed by atoms with E-state index in [-0.39, 0.29) is 48.1 Å². The molecular formula is C31H37N5O5. The number of nitrogens with zero attached hydrogens (tertiary/aromatic N) is 3. The van der Waals surface area contributed by atoms with Crippen LogP contribution >= 0.6 is 0 Å². The van der Waals surface area contributed by atoms with Crippen LogP contribution in [-0.2, 0) is 19.8 Å². The summed E-state index contributed by atoms with van der Waals surface area (Å²) in [7, 11) is 0. The highest BCUT2D eigenvalue weighted by atomic mass is 16.5. The van der Waals surface area contributed by atoms with Crippen molar-refractivity contribution in [3.05, 3.63) is 58.8 Å². The molecule has 0 unspecified atom stereocenters. The quantitative estimate of drug-likeness (QED) is 0.442. The minimum atomic E-state index is -0.990. The summed E-state index contributed by atoms with van der Waals surface area (Å²) < 4.78 is 5.02. The monoisotopic (exact) mass is 559 g/mol. The SMILES string of the molecule is [C-]#[N+][C@@H]1C[C@@]2(CN1C(=O)[C@@H](CC(=O)[C@H](CC1CC1)NC(=O)c1cc(C)on1)CC(C)(C)C)C(=O)Nc1ccccc12. The molecule has 1 spiro atoms. The molecule has 10 heteroatoms. The Morgan fingerprint density at radius 1 is 1.27 bits per heavy atom. The van der Waals surface area contributed by atoms with Crippen LogP contribution in [0.5, 0.6) is 0 Å². The number of ketones is 1. The van der Waals surface area contributed by atoms with Crippen molar-refractivity contribution in [3.8, 4) is 0 Å². The van der Waals surface area contributed by atoms with Gasteiger partial charge in [0.2, 0.25) is 11.8 Å². The number of rotatable bonds is 9. The largest absolute Gasteiger partial charge is 0.361 e. The van der Waals surface area contributed by atoms with E-state index in [9.17, 15) is 19.2 Å². The molecule has 1 aliphatic carbocycles. The Hall–Kier alpha value is -4.00. The molecular weight excluding hydrogens is 522 g/mol. The Bertz CT molecular complexity index is 1410. The van der Waals surface area contributed by atoms with Gasteiger partial charge in [-0.25, -0.2) is 6.57 Å². The summed E-state index contributed by atoms with van der Waals surface area (Å²) in [6.07, 6.45) is 2.25. The molecule has 2 aromatic rings. The molecule has 1 aromatic carbocycles. The van der Waals surface area contributed by atoms with Crippen LogP contribution in [0.15, 0.2) is 34.9 Å². The summed E-state index contributed by atoms with van der Waals surface area (Å²) in [5, 5.41) is 9.52. The number of likely N-dealkylation sites (tertiary alicyclic amines) is 1. The van der Waals surface area contributed by atoms with E-state index in [1.165, 1.54) is 11.0 Å². The zero-order valence-corrected chi connectivity index (χ0v) is 24.0. The molecule has 1 saturated heterocycles. The molecule has 5 rings (SSSR count). The molecule has 2 N–H and O–H groups in total. The number of aryl methyl sites for hydroxylation is 1. The van der Waals surface area contributed by atoms with Crippen LogP contribution in [0.1, 0.15) is 81.1 Å². The van der Waals surface area contributed by atoms with Gasteiger partial charge in [-0.1, -0.05) is 57.0 Å². The molecule has 1 aromatic heterocycles. The van der Waals surface area contributed by atoms with E-state index < -0.39 is 29.4 Å². The zero-order valence-electron chi connectivity index (χ0n) is 24.0. The fourth-order valence-electron chi connectivity index (χ4n) is 6.22. The lowest BCUT2D eigenvalue weighted by molar-refractivity contribution is -0.140.